The van der Waals surface area contributed by atoms with Gasteiger partial charge >= 0.3 is 6.09 Å². The van der Waals surface area contributed by atoms with Crippen LogP contribution in [0.15, 0.2) is 78.9 Å². The summed E-state index contributed by atoms with van der Waals surface area (Å²) in [6.45, 7) is 2.80. The van der Waals surface area contributed by atoms with Gasteiger partial charge in [0.05, 0.1) is 6.61 Å². The fraction of sp³-hybridized carbons (Fsp3) is 0.321. The first kappa shape index (κ1) is 21.9. The maximum absolute atomic E-state index is 12.0. The molecule has 1 aliphatic carbocycles. The van der Waals surface area contributed by atoms with Crippen LogP contribution in [0.3, 0.4) is 0 Å². The minimum atomic E-state index is -0.318. The zero-order chi connectivity index (χ0) is 22.2. The van der Waals surface area contributed by atoms with Gasteiger partial charge in [0.1, 0.15) is 12.4 Å². The van der Waals surface area contributed by atoms with E-state index in [1.54, 1.807) is 0 Å². The van der Waals surface area contributed by atoms with Crippen molar-refractivity contribution in [2.75, 3.05) is 6.61 Å². The zero-order valence-corrected chi connectivity index (χ0v) is 18.6. The smallest absolute Gasteiger partial charge is 0.407 e. The number of nitrogens with one attached hydrogen (secondary N) is 1. The standard InChI is InChI=1S/C28H31NO3/c1-2-31-28(30)29-27-19-23-12-6-7-13-25(23)26(27)14-8-11-21-15-17-24(18-16-21)32-20-22-9-4-3-5-10-22/h3-7,9-10,12-13,15-18,26-27H,2,8,11,14,19-20H2,1H3,(H,29,30)/t26-,27+/m1/s1. The number of carbonyl (C=O) groups is 1. The molecule has 1 amide bonds. The third-order valence-electron chi connectivity index (χ3n) is 6.11. The molecule has 4 heteroatoms. The minimum absolute atomic E-state index is 0.0974. The molecule has 32 heavy (non-hydrogen) atoms. The van der Waals surface area contributed by atoms with E-state index in [-0.39, 0.29) is 12.1 Å². The Kier molecular flexibility index (Phi) is 7.44. The van der Waals surface area contributed by atoms with E-state index in [0.29, 0.717) is 19.1 Å². The van der Waals surface area contributed by atoms with E-state index in [0.717, 1.165) is 31.4 Å². The van der Waals surface area contributed by atoms with Crippen molar-refractivity contribution in [2.45, 2.75) is 51.2 Å². The molecule has 2 atom stereocenters. The Hall–Kier alpha value is -3.27. The third-order valence-corrected chi connectivity index (χ3v) is 6.11. The molecule has 0 unspecified atom stereocenters. The quantitative estimate of drug-likeness (QED) is 0.451. The van der Waals surface area contributed by atoms with E-state index in [1.165, 1.54) is 22.3 Å². The van der Waals surface area contributed by atoms with Crippen LogP contribution in [0.5, 0.6) is 5.75 Å². The number of ether oxygens (including phenoxy) is 2. The first-order valence-corrected chi connectivity index (χ1v) is 11.5. The lowest BCUT2D eigenvalue weighted by molar-refractivity contribution is 0.146. The predicted octanol–water partition coefficient (Wildman–Crippen LogP) is 6.04. The van der Waals surface area contributed by atoms with E-state index in [9.17, 15) is 4.79 Å². The van der Waals surface area contributed by atoms with E-state index < -0.39 is 0 Å². The Balaban J connectivity index is 1.30. The van der Waals surface area contributed by atoms with Crippen LogP contribution in [0.4, 0.5) is 4.79 Å². The summed E-state index contributed by atoms with van der Waals surface area (Å²) >= 11 is 0. The van der Waals surface area contributed by atoms with Crippen LogP contribution in [-0.2, 0) is 24.2 Å². The Morgan fingerprint density at radius 2 is 1.69 bits per heavy atom. The first-order chi connectivity index (χ1) is 15.7. The van der Waals surface area contributed by atoms with Crippen molar-refractivity contribution in [1.29, 1.82) is 0 Å². The SMILES string of the molecule is CCOC(=O)N[C@H]1Cc2ccccc2[C@H]1CCCc1ccc(OCc2ccccc2)cc1. The second-order valence-corrected chi connectivity index (χ2v) is 8.29. The summed E-state index contributed by atoms with van der Waals surface area (Å²) in [5.41, 5.74) is 5.16. The summed E-state index contributed by atoms with van der Waals surface area (Å²) < 4.78 is 11.0. The van der Waals surface area contributed by atoms with Crippen molar-refractivity contribution in [2.24, 2.45) is 0 Å². The topological polar surface area (TPSA) is 47.6 Å². The molecule has 3 aromatic carbocycles. The minimum Gasteiger partial charge on any atom is -0.489 e. The van der Waals surface area contributed by atoms with Gasteiger partial charge in [-0.05, 0) is 67.0 Å². The lowest BCUT2D eigenvalue weighted by Gasteiger charge is -2.21. The van der Waals surface area contributed by atoms with Crippen molar-refractivity contribution in [3.63, 3.8) is 0 Å². The van der Waals surface area contributed by atoms with Gasteiger partial charge < -0.3 is 14.8 Å². The van der Waals surface area contributed by atoms with Crippen molar-refractivity contribution < 1.29 is 14.3 Å². The maximum Gasteiger partial charge on any atom is 0.407 e. The lowest BCUT2D eigenvalue weighted by atomic mass is 9.91. The number of hydrogen-bond acceptors (Lipinski definition) is 3. The van der Waals surface area contributed by atoms with Crippen LogP contribution >= 0.6 is 0 Å². The van der Waals surface area contributed by atoms with E-state index >= 15 is 0 Å². The van der Waals surface area contributed by atoms with E-state index in [2.05, 4.69) is 53.8 Å². The first-order valence-electron chi connectivity index (χ1n) is 11.5. The molecule has 0 fully saturated rings. The number of alkyl carbamates (subject to hydrolysis) is 1. The van der Waals surface area contributed by atoms with Crippen molar-refractivity contribution in [3.8, 4) is 5.75 Å². The third kappa shape index (κ3) is 5.70. The zero-order valence-electron chi connectivity index (χ0n) is 18.6. The van der Waals surface area contributed by atoms with Crippen LogP contribution in [0.1, 0.15) is 47.9 Å². The number of carbonyl (C=O) groups excluding carboxylic acids is 1. The van der Waals surface area contributed by atoms with Crippen LogP contribution in [0.25, 0.3) is 0 Å². The Morgan fingerprint density at radius 1 is 0.938 bits per heavy atom. The number of rotatable bonds is 9. The highest BCUT2D eigenvalue weighted by Crippen LogP contribution is 2.37. The number of fused-ring (bicyclic) bond motifs is 1. The molecular weight excluding hydrogens is 398 g/mol. The molecule has 3 aromatic rings. The van der Waals surface area contributed by atoms with Crippen molar-refractivity contribution in [1.82, 2.24) is 5.32 Å². The summed E-state index contributed by atoms with van der Waals surface area (Å²) in [5, 5.41) is 3.08. The molecule has 0 saturated heterocycles. The highest BCUT2D eigenvalue weighted by molar-refractivity contribution is 5.68. The van der Waals surface area contributed by atoms with E-state index in [1.807, 2.05) is 37.3 Å². The second kappa shape index (κ2) is 10.9. The van der Waals surface area contributed by atoms with Crippen LogP contribution < -0.4 is 10.1 Å². The molecule has 0 saturated carbocycles. The maximum atomic E-state index is 12.0. The van der Waals surface area contributed by atoms with Gasteiger partial charge in [-0.2, -0.15) is 0 Å². The van der Waals surface area contributed by atoms with Crippen LogP contribution in [-0.4, -0.2) is 18.7 Å². The summed E-state index contributed by atoms with van der Waals surface area (Å²) in [4.78, 5) is 12.0. The Bertz CT molecular complexity index is 1000. The molecule has 0 bridgehead atoms. The Labute approximate surface area is 190 Å². The van der Waals surface area contributed by atoms with Gasteiger partial charge in [0.2, 0.25) is 0 Å². The molecule has 1 N–H and O–H groups in total. The molecule has 0 aliphatic heterocycles. The number of amides is 1. The fourth-order valence-corrected chi connectivity index (χ4v) is 4.53. The van der Waals surface area contributed by atoms with E-state index in [4.69, 9.17) is 9.47 Å². The van der Waals surface area contributed by atoms with Gasteiger partial charge in [-0.3, -0.25) is 0 Å². The van der Waals surface area contributed by atoms with Crippen LogP contribution in [0.2, 0.25) is 0 Å². The molecule has 0 heterocycles. The van der Waals surface area contributed by atoms with Gasteiger partial charge in [0, 0.05) is 12.0 Å². The average molecular weight is 430 g/mol. The van der Waals surface area contributed by atoms with Crippen molar-refractivity contribution >= 4 is 6.09 Å². The molecule has 0 aromatic heterocycles. The average Bonchev–Trinajstić information content (AvgIpc) is 3.16. The molecule has 4 rings (SSSR count). The highest BCUT2D eigenvalue weighted by atomic mass is 16.5. The van der Waals surface area contributed by atoms with Gasteiger partial charge in [-0.25, -0.2) is 4.79 Å². The molecule has 1 aliphatic rings. The molecule has 0 radical (unpaired) electrons. The normalized spacial score (nSPS) is 16.9. The number of aryl methyl sites for hydroxylation is 1. The summed E-state index contributed by atoms with van der Waals surface area (Å²) in [5.74, 6) is 1.21. The Morgan fingerprint density at radius 3 is 2.47 bits per heavy atom. The molecule has 4 nitrogen and oxygen atoms in total. The summed E-state index contributed by atoms with van der Waals surface area (Å²) in [7, 11) is 0. The monoisotopic (exact) mass is 429 g/mol. The van der Waals surface area contributed by atoms with Crippen molar-refractivity contribution in [3.05, 3.63) is 101 Å². The molecule has 0 spiro atoms. The number of benzene rings is 3. The van der Waals surface area contributed by atoms with Gasteiger partial charge in [-0.1, -0.05) is 66.7 Å². The second-order valence-electron chi connectivity index (χ2n) is 8.29. The largest absolute Gasteiger partial charge is 0.489 e. The summed E-state index contributed by atoms with van der Waals surface area (Å²) in [6.07, 6.45) is 3.64. The fourth-order valence-electron chi connectivity index (χ4n) is 4.53. The highest BCUT2D eigenvalue weighted by Gasteiger charge is 2.33. The predicted molar refractivity (Wildman–Crippen MR) is 127 cm³/mol. The lowest BCUT2D eigenvalue weighted by Crippen LogP contribution is -2.38. The van der Waals surface area contributed by atoms with Gasteiger partial charge in [0.15, 0.2) is 0 Å². The molecule has 166 valence electrons. The van der Waals surface area contributed by atoms with Crippen LogP contribution in [0, 0.1) is 0 Å². The van der Waals surface area contributed by atoms with Gasteiger partial charge in [-0.15, -0.1) is 0 Å². The summed E-state index contributed by atoms with van der Waals surface area (Å²) in [6, 6.07) is 27.2. The molecular formula is C28H31NO3. The van der Waals surface area contributed by atoms with Gasteiger partial charge in [0.25, 0.3) is 0 Å². The number of hydrogen-bond donors (Lipinski definition) is 1.